The van der Waals surface area contributed by atoms with Gasteiger partial charge in [-0.15, -0.1) is 0 Å². The van der Waals surface area contributed by atoms with Crippen molar-refractivity contribution in [2.75, 3.05) is 31.6 Å². The van der Waals surface area contributed by atoms with Crippen LogP contribution in [0.3, 0.4) is 0 Å². The molecule has 0 radical (unpaired) electrons. The molecule has 5 rings (SSSR count). The van der Waals surface area contributed by atoms with E-state index in [9.17, 15) is 4.79 Å². The molecule has 2 unspecified atom stereocenters. The minimum atomic E-state index is -0.508. The molecule has 1 aromatic heterocycles. The van der Waals surface area contributed by atoms with E-state index in [-0.39, 0.29) is 6.04 Å². The van der Waals surface area contributed by atoms with E-state index in [1.165, 1.54) is 0 Å². The first-order valence-electron chi connectivity index (χ1n) is 10.5. The van der Waals surface area contributed by atoms with Crippen molar-refractivity contribution in [2.24, 2.45) is 17.4 Å². The lowest BCUT2D eigenvalue weighted by atomic mass is 9.81. The Morgan fingerprint density at radius 2 is 2.07 bits per heavy atom. The Hall–Kier alpha value is -2.13. The summed E-state index contributed by atoms with van der Waals surface area (Å²) in [5, 5.41) is 8.53. The molecule has 8 nitrogen and oxygen atoms in total. The second-order valence-corrected chi connectivity index (χ2v) is 9.18. The number of nitrogens with zero attached hydrogens (tertiary/aromatic N) is 3. The number of ether oxygens (including phenoxy) is 1. The molecule has 3 heterocycles. The van der Waals surface area contributed by atoms with Crippen molar-refractivity contribution in [1.29, 1.82) is 0 Å². The number of amides is 1. The highest BCUT2D eigenvalue weighted by molar-refractivity contribution is 6.30. The lowest BCUT2D eigenvalue weighted by Gasteiger charge is -2.39. The maximum atomic E-state index is 12.0. The molecule has 1 aliphatic carbocycles. The SMILES string of the molecule is NC[C@H]1C[C@@H](N2CC23COC3)CCC1n1cc(C(N)=O)c(Nc2ccc(Cl)cc2)n1. The summed E-state index contributed by atoms with van der Waals surface area (Å²) in [6.07, 6.45) is 4.86. The first-order valence-corrected chi connectivity index (χ1v) is 10.8. The number of hydrogen-bond donors (Lipinski definition) is 3. The number of carbonyl (C=O) groups is 1. The predicted octanol–water partition coefficient (Wildman–Crippen LogP) is 2.13. The fourth-order valence-electron chi connectivity index (χ4n) is 5.00. The lowest BCUT2D eigenvalue weighted by Crippen LogP contribution is -2.46. The normalized spacial score (nSPS) is 29.4. The topological polar surface area (TPSA) is 111 Å². The molecule has 2 aliphatic heterocycles. The number of benzene rings is 1. The average molecular weight is 431 g/mol. The van der Waals surface area contributed by atoms with E-state index in [0.717, 1.165) is 44.7 Å². The third kappa shape index (κ3) is 3.47. The number of carbonyl (C=O) groups excluding carboxylic acids is 1. The first-order chi connectivity index (χ1) is 14.5. The highest BCUT2D eigenvalue weighted by Gasteiger charge is 2.60. The van der Waals surface area contributed by atoms with Gasteiger partial charge in [-0.3, -0.25) is 14.4 Å². The van der Waals surface area contributed by atoms with Crippen LogP contribution in [0.25, 0.3) is 0 Å². The molecular formula is C21H27ClN6O2. The van der Waals surface area contributed by atoms with E-state index in [0.29, 0.717) is 40.4 Å². The number of aromatic nitrogens is 2. The predicted molar refractivity (Wildman–Crippen MR) is 115 cm³/mol. The van der Waals surface area contributed by atoms with Gasteiger partial charge in [-0.25, -0.2) is 0 Å². The molecule has 3 aliphatic rings. The van der Waals surface area contributed by atoms with E-state index in [4.69, 9.17) is 32.9 Å². The number of rotatable bonds is 6. The fourth-order valence-corrected chi connectivity index (χ4v) is 5.13. The van der Waals surface area contributed by atoms with Gasteiger partial charge in [-0.05, 0) is 56.0 Å². The Labute approximate surface area is 180 Å². The van der Waals surface area contributed by atoms with Gasteiger partial charge in [0.1, 0.15) is 5.56 Å². The molecule has 1 amide bonds. The number of anilines is 2. The Morgan fingerprint density at radius 1 is 1.30 bits per heavy atom. The molecule has 160 valence electrons. The molecule has 9 heteroatoms. The summed E-state index contributed by atoms with van der Waals surface area (Å²) < 4.78 is 7.31. The Balaban J connectivity index is 1.34. The van der Waals surface area contributed by atoms with Gasteiger partial charge in [0, 0.05) is 29.5 Å². The first kappa shape index (κ1) is 19.8. The summed E-state index contributed by atoms with van der Waals surface area (Å²) in [4.78, 5) is 14.6. The molecule has 1 spiro atoms. The molecule has 1 saturated carbocycles. The lowest BCUT2D eigenvalue weighted by molar-refractivity contribution is -0.0404. The van der Waals surface area contributed by atoms with Crippen molar-refractivity contribution in [3.8, 4) is 0 Å². The summed E-state index contributed by atoms with van der Waals surface area (Å²) in [6.45, 7) is 3.45. The van der Waals surface area contributed by atoms with Crippen LogP contribution in [0.2, 0.25) is 5.02 Å². The van der Waals surface area contributed by atoms with Crippen LogP contribution < -0.4 is 16.8 Å². The van der Waals surface area contributed by atoms with Crippen LogP contribution in [0.5, 0.6) is 0 Å². The van der Waals surface area contributed by atoms with Crippen molar-refractivity contribution in [3.05, 3.63) is 41.0 Å². The van der Waals surface area contributed by atoms with Crippen LogP contribution in [-0.4, -0.2) is 58.5 Å². The van der Waals surface area contributed by atoms with Crippen molar-refractivity contribution in [3.63, 3.8) is 0 Å². The van der Waals surface area contributed by atoms with Crippen LogP contribution in [-0.2, 0) is 4.74 Å². The zero-order valence-corrected chi connectivity index (χ0v) is 17.5. The average Bonchev–Trinajstić information content (AvgIpc) is 3.36. The molecule has 4 atom stereocenters. The van der Waals surface area contributed by atoms with Crippen LogP contribution in [0.15, 0.2) is 30.5 Å². The van der Waals surface area contributed by atoms with Crippen molar-refractivity contribution in [2.45, 2.75) is 36.9 Å². The zero-order chi connectivity index (χ0) is 20.9. The van der Waals surface area contributed by atoms with Crippen molar-refractivity contribution in [1.82, 2.24) is 14.7 Å². The van der Waals surface area contributed by atoms with E-state index >= 15 is 0 Å². The smallest absolute Gasteiger partial charge is 0.254 e. The standard InChI is InChI=1S/C21H27ClN6O2/c22-14-1-3-15(4-2-14)25-20-17(19(24)29)9-28(26-20)18-6-5-16(7-13(18)8-23)27-10-21(27)11-30-12-21/h1-4,9,13,16,18H,5-8,10-12,23H2,(H2,24,29)(H,25,26)/t13-,16+,18?,27?/m1/s1. The number of nitrogens with one attached hydrogen (secondary N) is 1. The van der Waals surface area contributed by atoms with E-state index in [2.05, 4.69) is 10.2 Å². The van der Waals surface area contributed by atoms with E-state index in [1.54, 1.807) is 18.3 Å². The van der Waals surface area contributed by atoms with Gasteiger partial charge in [0.2, 0.25) is 0 Å². The van der Waals surface area contributed by atoms with E-state index in [1.807, 2.05) is 16.8 Å². The molecule has 0 bridgehead atoms. The summed E-state index contributed by atoms with van der Waals surface area (Å²) in [6, 6.07) is 7.94. The maximum absolute atomic E-state index is 12.0. The molecular weight excluding hydrogens is 404 g/mol. The molecule has 2 saturated heterocycles. The summed E-state index contributed by atoms with van der Waals surface area (Å²) in [5.74, 6) is 0.248. The van der Waals surface area contributed by atoms with Gasteiger partial charge in [-0.1, -0.05) is 11.6 Å². The second-order valence-electron chi connectivity index (χ2n) is 8.74. The second kappa shape index (κ2) is 7.53. The monoisotopic (exact) mass is 430 g/mol. The minimum absolute atomic E-state index is 0.152. The highest BCUT2D eigenvalue weighted by Crippen LogP contribution is 2.47. The zero-order valence-electron chi connectivity index (χ0n) is 16.8. The molecule has 5 N–H and O–H groups in total. The molecule has 30 heavy (non-hydrogen) atoms. The van der Waals surface area contributed by atoms with Crippen LogP contribution in [0, 0.1) is 5.92 Å². The van der Waals surface area contributed by atoms with Crippen molar-refractivity contribution >= 4 is 29.0 Å². The molecule has 1 aromatic carbocycles. The fraction of sp³-hybridized carbons (Fsp3) is 0.524. The number of hydrogen-bond acceptors (Lipinski definition) is 6. The van der Waals surface area contributed by atoms with Gasteiger partial charge in [0.05, 0.1) is 24.8 Å². The number of halogens is 1. The summed E-state index contributed by atoms with van der Waals surface area (Å²) >= 11 is 5.96. The van der Waals surface area contributed by atoms with Gasteiger partial charge in [-0.2, -0.15) is 5.10 Å². The summed E-state index contributed by atoms with van der Waals surface area (Å²) in [5.41, 5.74) is 13.3. The highest BCUT2D eigenvalue weighted by atomic mass is 35.5. The summed E-state index contributed by atoms with van der Waals surface area (Å²) in [7, 11) is 0. The maximum Gasteiger partial charge on any atom is 0.254 e. The Bertz CT molecular complexity index is 941. The molecule has 3 fully saturated rings. The molecule has 2 aromatic rings. The van der Waals surface area contributed by atoms with Crippen molar-refractivity contribution < 1.29 is 9.53 Å². The third-order valence-electron chi connectivity index (χ3n) is 6.81. The number of primary amides is 1. The minimum Gasteiger partial charge on any atom is -0.377 e. The van der Waals surface area contributed by atoms with Gasteiger partial charge in [0.15, 0.2) is 5.82 Å². The Morgan fingerprint density at radius 3 is 2.67 bits per heavy atom. The van der Waals surface area contributed by atoms with E-state index < -0.39 is 5.91 Å². The third-order valence-corrected chi connectivity index (χ3v) is 7.07. The van der Waals surface area contributed by atoms with Gasteiger partial charge < -0.3 is 21.5 Å². The van der Waals surface area contributed by atoms with Gasteiger partial charge in [0.25, 0.3) is 5.91 Å². The largest absolute Gasteiger partial charge is 0.377 e. The number of nitrogens with two attached hydrogens (primary N) is 2. The van der Waals surface area contributed by atoms with Crippen LogP contribution >= 0.6 is 11.6 Å². The van der Waals surface area contributed by atoms with Gasteiger partial charge >= 0.3 is 0 Å². The van der Waals surface area contributed by atoms with Crippen LogP contribution in [0.1, 0.15) is 35.7 Å². The Kier molecular flexibility index (Phi) is 4.97. The quantitative estimate of drug-likeness (QED) is 0.605. The van der Waals surface area contributed by atoms with Crippen LogP contribution in [0.4, 0.5) is 11.5 Å².